The monoisotopic (exact) mass is 226 g/mol. The number of halogens is 3. The predicted octanol–water partition coefficient (Wildman–Crippen LogP) is 0.859. The molecule has 90 valence electrons. The summed E-state index contributed by atoms with van der Waals surface area (Å²) in [6, 6.07) is 0. The van der Waals surface area contributed by atoms with Gasteiger partial charge in [-0.1, -0.05) is 0 Å². The Morgan fingerprint density at radius 2 is 1.93 bits per heavy atom. The fourth-order valence-corrected chi connectivity index (χ4v) is 1.39. The van der Waals surface area contributed by atoms with Gasteiger partial charge in [-0.3, -0.25) is 4.90 Å². The highest BCUT2D eigenvalue weighted by Crippen LogP contribution is 2.22. The van der Waals surface area contributed by atoms with Crippen molar-refractivity contribution in [3.8, 4) is 0 Å². The van der Waals surface area contributed by atoms with E-state index >= 15 is 0 Å². The first-order valence-corrected chi connectivity index (χ1v) is 5.11. The molecule has 0 spiro atoms. The number of hydrogen-bond acceptors (Lipinski definition) is 3. The summed E-state index contributed by atoms with van der Waals surface area (Å²) in [7, 11) is 0. The fraction of sp³-hybridized carbons (Fsp3) is 1.00. The second kappa shape index (κ2) is 5.67. The Labute approximate surface area is 87.6 Å². The highest BCUT2D eigenvalue weighted by Gasteiger charge is 2.36. The summed E-state index contributed by atoms with van der Waals surface area (Å²) in [5.74, 6) is 0. The van der Waals surface area contributed by atoms with Crippen molar-refractivity contribution in [1.29, 1.82) is 0 Å². The maximum atomic E-state index is 12.1. The summed E-state index contributed by atoms with van der Waals surface area (Å²) in [5.41, 5.74) is 0. The summed E-state index contributed by atoms with van der Waals surface area (Å²) in [5, 5.41) is 3.18. The molecular weight excluding hydrogens is 209 g/mol. The molecule has 0 aromatic carbocycles. The van der Waals surface area contributed by atoms with Crippen LogP contribution >= 0.6 is 0 Å². The lowest BCUT2D eigenvalue weighted by molar-refractivity contribution is -0.214. The van der Waals surface area contributed by atoms with Gasteiger partial charge >= 0.3 is 6.18 Å². The molecule has 1 fully saturated rings. The average molecular weight is 226 g/mol. The van der Waals surface area contributed by atoms with E-state index in [-0.39, 0.29) is 6.61 Å². The second-order valence-corrected chi connectivity index (χ2v) is 3.65. The van der Waals surface area contributed by atoms with Crippen LogP contribution in [0.25, 0.3) is 0 Å². The summed E-state index contributed by atoms with van der Waals surface area (Å²) < 4.78 is 40.9. The van der Waals surface area contributed by atoms with E-state index < -0.39 is 12.3 Å². The zero-order valence-electron chi connectivity index (χ0n) is 8.81. The molecule has 1 rings (SSSR count). The third-order valence-electron chi connectivity index (χ3n) is 2.45. The van der Waals surface area contributed by atoms with Crippen molar-refractivity contribution in [2.45, 2.75) is 19.2 Å². The molecule has 0 saturated carbocycles. The minimum atomic E-state index is -4.25. The summed E-state index contributed by atoms with van der Waals surface area (Å²) >= 11 is 0. The lowest BCUT2D eigenvalue weighted by Crippen LogP contribution is -2.45. The molecule has 1 heterocycles. The van der Waals surface area contributed by atoms with E-state index in [0.717, 1.165) is 33.1 Å². The molecule has 1 saturated heterocycles. The van der Waals surface area contributed by atoms with Crippen LogP contribution in [-0.4, -0.2) is 56.5 Å². The van der Waals surface area contributed by atoms with Crippen LogP contribution in [0.15, 0.2) is 0 Å². The number of hydrogen-bond donors (Lipinski definition) is 1. The van der Waals surface area contributed by atoms with E-state index in [0.29, 0.717) is 6.54 Å². The number of ether oxygens (including phenoxy) is 1. The third-order valence-corrected chi connectivity index (χ3v) is 2.45. The third kappa shape index (κ3) is 4.81. The topological polar surface area (TPSA) is 24.5 Å². The molecule has 1 unspecified atom stereocenters. The minimum Gasteiger partial charge on any atom is -0.368 e. The Kier molecular flexibility index (Phi) is 4.82. The number of nitrogens with zero attached hydrogens (tertiary/aromatic N) is 1. The summed E-state index contributed by atoms with van der Waals surface area (Å²) in [6.45, 7) is 5.30. The molecule has 0 aromatic rings. The van der Waals surface area contributed by atoms with Crippen LogP contribution in [0.5, 0.6) is 0 Å². The lowest BCUT2D eigenvalue weighted by Gasteiger charge is -2.27. The first-order chi connectivity index (χ1) is 7.00. The number of nitrogens with one attached hydrogen (secondary N) is 1. The van der Waals surface area contributed by atoms with Crippen LogP contribution in [0.2, 0.25) is 0 Å². The normalized spacial score (nSPS) is 21.6. The second-order valence-electron chi connectivity index (χ2n) is 3.65. The zero-order chi connectivity index (χ0) is 11.3. The van der Waals surface area contributed by atoms with Crippen molar-refractivity contribution in [2.75, 3.05) is 39.3 Å². The molecule has 3 nitrogen and oxygen atoms in total. The molecule has 0 bridgehead atoms. The lowest BCUT2D eigenvalue weighted by atomic mass is 10.3. The van der Waals surface area contributed by atoms with Gasteiger partial charge in [0.2, 0.25) is 0 Å². The van der Waals surface area contributed by atoms with Gasteiger partial charge in [-0.25, -0.2) is 0 Å². The highest BCUT2D eigenvalue weighted by molar-refractivity contribution is 4.68. The molecule has 0 aromatic heterocycles. The molecule has 1 atom stereocenters. The van der Waals surface area contributed by atoms with E-state index in [4.69, 9.17) is 4.74 Å². The molecule has 15 heavy (non-hydrogen) atoms. The van der Waals surface area contributed by atoms with Crippen LogP contribution in [0.3, 0.4) is 0 Å². The molecular formula is C9H17F3N2O. The Hall–Kier alpha value is -0.330. The quantitative estimate of drug-likeness (QED) is 0.769. The highest BCUT2D eigenvalue weighted by atomic mass is 19.4. The van der Waals surface area contributed by atoms with Crippen molar-refractivity contribution >= 4 is 0 Å². The van der Waals surface area contributed by atoms with Gasteiger partial charge in [0.25, 0.3) is 0 Å². The maximum absolute atomic E-state index is 12.1. The first-order valence-electron chi connectivity index (χ1n) is 5.11. The SMILES string of the molecule is CC(OCCN1CCNCC1)C(F)(F)F. The van der Waals surface area contributed by atoms with Crippen LogP contribution in [0, 0.1) is 0 Å². The minimum absolute atomic E-state index is 0.140. The van der Waals surface area contributed by atoms with E-state index in [1.54, 1.807) is 0 Å². The van der Waals surface area contributed by atoms with Crippen LogP contribution in [0.4, 0.5) is 13.2 Å². The van der Waals surface area contributed by atoms with Gasteiger partial charge in [-0.2, -0.15) is 13.2 Å². The van der Waals surface area contributed by atoms with Crippen molar-refractivity contribution < 1.29 is 17.9 Å². The van der Waals surface area contributed by atoms with Gasteiger partial charge in [0.05, 0.1) is 6.61 Å². The zero-order valence-corrected chi connectivity index (χ0v) is 8.81. The Balaban J connectivity index is 2.10. The molecule has 0 amide bonds. The van der Waals surface area contributed by atoms with Crippen molar-refractivity contribution in [3.05, 3.63) is 0 Å². The van der Waals surface area contributed by atoms with Gasteiger partial charge in [-0.15, -0.1) is 0 Å². The van der Waals surface area contributed by atoms with Crippen LogP contribution in [-0.2, 0) is 4.74 Å². The molecule has 1 N–H and O–H groups in total. The van der Waals surface area contributed by atoms with E-state index in [9.17, 15) is 13.2 Å². The van der Waals surface area contributed by atoms with Gasteiger partial charge in [-0.05, 0) is 6.92 Å². The van der Waals surface area contributed by atoms with Gasteiger partial charge in [0.1, 0.15) is 0 Å². The standard InChI is InChI=1S/C9H17F3N2O/c1-8(9(10,11)12)15-7-6-14-4-2-13-3-5-14/h8,13H,2-7H2,1H3. The summed E-state index contributed by atoms with van der Waals surface area (Å²) in [4.78, 5) is 2.10. The van der Waals surface area contributed by atoms with E-state index in [2.05, 4.69) is 10.2 Å². The van der Waals surface area contributed by atoms with E-state index in [1.165, 1.54) is 0 Å². The van der Waals surface area contributed by atoms with Crippen LogP contribution in [0.1, 0.15) is 6.92 Å². The molecule has 0 aliphatic carbocycles. The Morgan fingerprint density at radius 1 is 1.33 bits per heavy atom. The molecule has 1 aliphatic rings. The smallest absolute Gasteiger partial charge is 0.368 e. The van der Waals surface area contributed by atoms with Crippen molar-refractivity contribution in [3.63, 3.8) is 0 Å². The van der Waals surface area contributed by atoms with Crippen molar-refractivity contribution in [2.24, 2.45) is 0 Å². The Bertz CT molecular complexity index is 181. The van der Waals surface area contributed by atoms with Crippen LogP contribution < -0.4 is 5.32 Å². The van der Waals surface area contributed by atoms with E-state index in [1.807, 2.05) is 0 Å². The first kappa shape index (κ1) is 12.7. The molecule has 0 radical (unpaired) electrons. The fourth-order valence-electron chi connectivity index (χ4n) is 1.39. The number of rotatable bonds is 4. The summed E-state index contributed by atoms with van der Waals surface area (Å²) in [6.07, 6.45) is -5.91. The predicted molar refractivity (Wildman–Crippen MR) is 50.8 cm³/mol. The van der Waals surface area contributed by atoms with Gasteiger partial charge < -0.3 is 10.1 Å². The van der Waals surface area contributed by atoms with Gasteiger partial charge in [0.15, 0.2) is 6.10 Å². The van der Waals surface area contributed by atoms with Gasteiger partial charge in [0, 0.05) is 32.7 Å². The Morgan fingerprint density at radius 3 is 2.47 bits per heavy atom. The largest absolute Gasteiger partial charge is 0.414 e. The maximum Gasteiger partial charge on any atom is 0.414 e. The average Bonchev–Trinajstić information content (AvgIpc) is 2.18. The van der Waals surface area contributed by atoms with Crippen molar-refractivity contribution in [1.82, 2.24) is 10.2 Å². The molecule has 6 heteroatoms. The molecule has 1 aliphatic heterocycles. The number of piperazine rings is 1. The number of alkyl halides is 3.